The second-order valence-electron chi connectivity index (χ2n) is 8.24. The molecule has 0 bridgehead atoms. The van der Waals surface area contributed by atoms with Crippen molar-refractivity contribution in [2.24, 2.45) is 0 Å². The zero-order chi connectivity index (χ0) is 20.8. The molecule has 0 unspecified atom stereocenters. The normalized spacial score (nSPS) is 24.0. The molecule has 0 aromatic carbocycles. The Balaban J connectivity index is 1.89. The summed E-state index contributed by atoms with van der Waals surface area (Å²) in [7, 11) is -9.19. The Morgan fingerprint density at radius 3 is 1.87 bits per heavy atom. The van der Waals surface area contributed by atoms with E-state index in [2.05, 4.69) is 29.3 Å². The van der Waals surface area contributed by atoms with E-state index in [1.54, 1.807) is 16.7 Å². The first kappa shape index (κ1) is 20.8. The van der Waals surface area contributed by atoms with Gasteiger partial charge in [0.25, 0.3) is 0 Å². The molecule has 3 fully saturated rings. The van der Waals surface area contributed by atoms with Gasteiger partial charge in [-0.2, -0.15) is 0 Å². The van der Waals surface area contributed by atoms with E-state index in [-0.39, 0.29) is 0 Å². The van der Waals surface area contributed by atoms with Gasteiger partial charge in [0.15, 0.2) is 0 Å². The van der Waals surface area contributed by atoms with Crippen LogP contribution in [0.2, 0.25) is 0 Å². The van der Waals surface area contributed by atoms with E-state index in [1.807, 2.05) is 6.07 Å². The summed E-state index contributed by atoms with van der Waals surface area (Å²) in [6.45, 7) is 4.16. The van der Waals surface area contributed by atoms with Crippen LogP contribution in [0.5, 0.6) is 0 Å². The van der Waals surface area contributed by atoms with E-state index in [4.69, 9.17) is 4.31 Å². The molecule has 0 atom stereocenters. The number of phosphoric acid groups is 1. The van der Waals surface area contributed by atoms with Gasteiger partial charge in [-0.15, -0.1) is 0 Å². The second-order valence-corrected chi connectivity index (χ2v) is 13.7. The molecule has 0 saturated carbocycles. The van der Waals surface area contributed by atoms with Crippen LogP contribution in [0.4, 0.5) is 0 Å². The molecule has 166 valence electrons. The van der Waals surface area contributed by atoms with Crippen LogP contribution < -0.4 is 0 Å². The van der Waals surface area contributed by atoms with E-state index in [0.717, 1.165) is 38.5 Å². The predicted octanol–water partition coefficient (Wildman–Crippen LogP) is 2.20. The summed E-state index contributed by atoms with van der Waals surface area (Å²) in [6.07, 6.45) is 7.36. The summed E-state index contributed by atoms with van der Waals surface area (Å²) in [5.74, 6) is 0. The number of rotatable bonds is 6. The molecule has 3 saturated heterocycles. The Hall–Kier alpha value is -1.03. The molecule has 13 heteroatoms. The van der Waals surface area contributed by atoms with E-state index in [1.165, 1.54) is 0 Å². The maximum atomic E-state index is 12.7. The third-order valence-corrected chi connectivity index (χ3v) is 13.6. The van der Waals surface area contributed by atoms with Gasteiger partial charge in [0.2, 0.25) is 0 Å². The van der Waals surface area contributed by atoms with Crippen LogP contribution in [-0.4, -0.2) is 82.8 Å². The summed E-state index contributed by atoms with van der Waals surface area (Å²) in [6, 6.07) is 3.62. The Bertz CT molecular complexity index is 920. The molecule has 11 nitrogen and oxygen atoms in total. The summed E-state index contributed by atoms with van der Waals surface area (Å²) in [4.78, 5) is 25.2. The zero-order valence-corrected chi connectivity index (χ0v) is 18.7. The fourth-order valence-corrected chi connectivity index (χ4v) is 13.9. The number of aromatic nitrogens is 4. The first-order valence-electron chi connectivity index (χ1n) is 10.7. The standard InChI is InChI=1S/C17H29N7O4P2/c25-29(26,27)28-30(21-10-1-2-11-21,22-12-3-4-13-22,23-14-5-6-15-23)24-17-16(19-20-24)8-7-9-18-17/h7-9H,1-6,10-15H2,(H2,25,26,27). The molecule has 0 radical (unpaired) electrons. The van der Waals surface area contributed by atoms with Gasteiger partial charge in [-0.3, -0.25) is 0 Å². The molecule has 0 aliphatic carbocycles. The van der Waals surface area contributed by atoms with Crippen LogP contribution in [0.3, 0.4) is 0 Å². The van der Waals surface area contributed by atoms with Crippen molar-refractivity contribution in [2.45, 2.75) is 38.5 Å². The summed E-state index contributed by atoms with van der Waals surface area (Å²) in [5, 5.41) is 8.87. The molecule has 0 spiro atoms. The van der Waals surface area contributed by atoms with Crippen molar-refractivity contribution < 1.29 is 18.7 Å². The molecule has 0 amide bonds. The topological polar surface area (TPSA) is 120 Å². The summed E-state index contributed by atoms with van der Waals surface area (Å²) in [5.41, 5.74) is 1.10. The first-order valence-corrected chi connectivity index (χ1v) is 14.2. The number of nitrogens with zero attached hydrogens (tertiary/aromatic N) is 7. The van der Waals surface area contributed by atoms with Crippen molar-refractivity contribution in [1.82, 2.24) is 33.8 Å². The third kappa shape index (κ3) is 2.92. The molecule has 2 aromatic heterocycles. The van der Waals surface area contributed by atoms with Crippen LogP contribution in [0.1, 0.15) is 38.5 Å². The molecule has 3 aliphatic heterocycles. The van der Waals surface area contributed by atoms with Crippen LogP contribution in [0.25, 0.3) is 11.2 Å². The number of hydrogen-bond acceptors (Lipinski definition) is 8. The van der Waals surface area contributed by atoms with Gasteiger partial charge in [0.1, 0.15) is 0 Å². The quantitative estimate of drug-likeness (QED) is 0.625. The van der Waals surface area contributed by atoms with Crippen LogP contribution >= 0.6 is 15.3 Å². The zero-order valence-electron chi connectivity index (χ0n) is 17.0. The van der Waals surface area contributed by atoms with E-state index in [0.29, 0.717) is 50.4 Å². The Morgan fingerprint density at radius 2 is 1.40 bits per heavy atom. The van der Waals surface area contributed by atoms with Crippen LogP contribution in [0, 0.1) is 0 Å². The van der Waals surface area contributed by atoms with Gasteiger partial charge in [-0.25, -0.2) is 0 Å². The van der Waals surface area contributed by atoms with Crippen molar-refractivity contribution in [3.05, 3.63) is 18.3 Å². The minimum atomic E-state index is -4.91. The number of fused-ring (bicyclic) bond motifs is 1. The maximum absolute atomic E-state index is 12.7. The Kier molecular flexibility index (Phi) is 5.24. The molecular formula is C17H29N7O4P2. The summed E-state index contributed by atoms with van der Waals surface area (Å²) >= 11 is 0. The molecule has 30 heavy (non-hydrogen) atoms. The van der Waals surface area contributed by atoms with Gasteiger partial charge in [-0.1, -0.05) is 0 Å². The molecular weight excluding hydrogens is 428 g/mol. The Labute approximate surface area is 175 Å². The van der Waals surface area contributed by atoms with Crippen molar-refractivity contribution >= 4 is 26.4 Å². The SMILES string of the molecule is O=P(O)(O)OP(N1CCCC1)(N1CCCC1)(N1CCCC1)n1nnc2cccnc21. The number of hydrogen-bond donors (Lipinski definition) is 2. The summed E-state index contributed by atoms with van der Waals surface area (Å²) < 4.78 is 27.1. The molecule has 2 aromatic rings. The molecule has 3 aliphatic rings. The predicted molar refractivity (Wildman–Crippen MR) is 113 cm³/mol. The van der Waals surface area contributed by atoms with Crippen molar-refractivity contribution in [3.8, 4) is 0 Å². The Morgan fingerprint density at radius 1 is 0.900 bits per heavy atom. The third-order valence-electron chi connectivity index (χ3n) is 6.51. The molecule has 2 N–H and O–H groups in total. The first-order chi connectivity index (χ1) is 14.5. The van der Waals surface area contributed by atoms with Crippen molar-refractivity contribution in [2.75, 3.05) is 39.3 Å². The molecule has 5 rings (SSSR count). The monoisotopic (exact) mass is 457 g/mol. The van der Waals surface area contributed by atoms with Crippen LogP contribution in [-0.2, 0) is 8.88 Å². The fourth-order valence-electron chi connectivity index (χ4n) is 5.42. The number of pyridine rings is 1. The van der Waals surface area contributed by atoms with E-state index in [9.17, 15) is 14.4 Å². The van der Waals surface area contributed by atoms with E-state index >= 15 is 0 Å². The van der Waals surface area contributed by atoms with Gasteiger partial charge in [-0.05, 0) is 0 Å². The van der Waals surface area contributed by atoms with Crippen LogP contribution in [0.15, 0.2) is 18.3 Å². The van der Waals surface area contributed by atoms with E-state index < -0.39 is 15.3 Å². The minimum absolute atomic E-state index is 0.509. The van der Waals surface area contributed by atoms with Gasteiger partial charge in [0.05, 0.1) is 0 Å². The fraction of sp³-hybridized carbons (Fsp3) is 0.706. The van der Waals surface area contributed by atoms with Gasteiger partial charge < -0.3 is 0 Å². The van der Waals surface area contributed by atoms with Crippen molar-refractivity contribution in [1.29, 1.82) is 0 Å². The second kappa shape index (κ2) is 7.53. The van der Waals surface area contributed by atoms with Crippen molar-refractivity contribution in [3.63, 3.8) is 0 Å². The average Bonchev–Trinajstić information content (AvgIpc) is 3.52. The van der Waals surface area contributed by atoms with Gasteiger partial charge in [0, 0.05) is 0 Å². The molecule has 5 heterocycles. The van der Waals surface area contributed by atoms with Gasteiger partial charge >= 0.3 is 175 Å². The average molecular weight is 457 g/mol.